The summed E-state index contributed by atoms with van der Waals surface area (Å²) >= 11 is 0. The van der Waals surface area contributed by atoms with E-state index in [0.717, 1.165) is 5.57 Å². The van der Waals surface area contributed by atoms with Crippen molar-refractivity contribution >= 4 is 5.97 Å². The van der Waals surface area contributed by atoms with Crippen LogP contribution in [0.15, 0.2) is 11.1 Å². The number of cyclic esters (lactones) is 1. The van der Waals surface area contributed by atoms with Gasteiger partial charge in [0.15, 0.2) is 0 Å². The van der Waals surface area contributed by atoms with Crippen molar-refractivity contribution in [3.05, 3.63) is 11.1 Å². The second-order valence-corrected chi connectivity index (χ2v) is 3.46. The first kappa shape index (κ1) is 9.26. The second-order valence-electron chi connectivity index (χ2n) is 3.46. The molecule has 0 saturated carbocycles. The molecule has 1 rings (SSSR count). The van der Waals surface area contributed by atoms with Crippen molar-refractivity contribution in [2.45, 2.75) is 26.9 Å². The van der Waals surface area contributed by atoms with E-state index in [2.05, 4.69) is 0 Å². The van der Waals surface area contributed by atoms with Crippen LogP contribution in [0.4, 0.5) is 0 Å². The minimum absolute atomic E-state index is 0.0561. The van der Waals surface area contributed by atoms with E-state index in [-0.39, 0.29) is 11.9 Å². The number of esters is 1. The van der Waals surface area contributed by atoms with Crippen LogP contribution in [-0.4, -0.2) is 23.8 Å². The molecule has 0 aromatic heterocycles. The van der Waals surface area contributed by atoms with Crippen molar-refractivity contribution < 1.29 is 14.6 Å². The summed E-state index contributed by atoms with van der Waals surface area (Å²) in [4.78, 5) is 11.1. The van der Waals surface area contributed by atoms with Crippen LogP contribution >= 0.6 is 0 Å². The highest BCUT2D eigenvalue weighted by molar-refractivity contribution is 5.92. The van der Waals surface area contributed by atoms with E-state index in [1.165, 1.54) is 0 Å². The standard InChI is InChI=1S/C9H14O3/c1-5(2)8(10)7-6(3)4-12-9(7)11/h5,8,10H,4H2,1-3H3/t8-/m1/s1. The van der Waals surface area contributed by atoms with Gasteiger partial charge >= 0.3 is 5.97 Å². The van der Waals surface area contributed by atoms with Gasteiger partial charge in [-0.2, -0.15) is 0 Å². The number of carbonyl (C=O) groups is 1. The molecule has 0 aromatic carbocycles. The smallest absolute Gasteiger partial charge is 0.337 e. The summed E-state index contributed by atoms with van der Waals surface area (Å²) < 4.78 is 4.78. The van der Waals surface area contributed by atoms with Gasteiger partial charge in [-0.25, -0.2) is 4.79 Å². The fraction of sp³-hybridized carbons (Fsp3) is 0.667. The van der Waals surface area contributed by atoms with Crippen LogP contribution in [0.5, 0.6) is 0 Å². The zero-order valence-corrected chi connectivity index (χ0v) is 7.63. The third kappa shape index (κ3) is 1.50. The van der Waals surface area contributed by atoms with Gasteiger partial charge in [0.1, 0.15) is 6.61 Å². The molecule has 1 heterocycles. The molecule has 1 aliphatic heterocycles. The number of aliphatic hydroxyl groups excluding tert-OH is 1. The molecule has 1 N–H and O–H groups in total. The molecular formula is C9H14O3. The molecule has 0 bridgehead atoms. The summed E-state index contributed by atoms with van der Waals surface area (Å²) in [7, 11) is 0. The fourth-order valence-corrected chi connectivity index (χ4v) is 1.21. The molecule has 0 aliphatic carbocycles. The topological polar surface area (TPSA) is 46.5 Å². The Hall–Kier alpha value is -0.830. The van der Waals surface area contributed by atoms with E-state index in [0.29, 0.717) is 12.2 Å². The third-order valence-electron chi connectivity index (χ3n) is 2.03. The summed E-state index contributed by atoms with van der Waals surface area (Å²) in [5.74, 6) is -0.311. The van der Waals surface area contributed by atoms with Crippen LogP contribution in [0.25, 0.3) is 0 Å². The molecule has 3 nitrogen and oxygen atoms in total. The van der Waals surface area contributed by atoms with Gasteiger partial charge in [-0.1, -0.05) is 13.8 Å². The van der Waals surface area contributed by atoms with Crippen molar-refractivity contribution in [1.82, 2.24) is 0 Å². The van der Waals surface area contributed by atoms with Crippen LogP contribution < -0.4 is 0 Å². The van der Waals surface area contributed by atoms with Gasteiger partial charge in [0.2, 0.25) is 0 Å². The Kier molecular flexibility index (Phi) is 2.52. The van der Waals surface area contributed by atoms with Gasteiger partial charge in [-0.3, -0.25) is 0 Å². The molecule has 68 valence electrons. The Morgan fingerprint density at radius 2 is 2.08 bits per heavy atom. The Bertz CT molecular complexity index is 228. The van der Waals surface area contributed by atoms with Crippen molar-refractivity contribution in [2.24, 2.45) is 5.92 Å². The normalized spacial score (nSPS) is 20.2. The molecule has 12 heavy (non-hydrogen) atoms. The highest BCUT2D eigenvalue weighted by Gasteiger charge is 2.29. The highest BCUT2D eigenvalue weighted by atomic mass is 16.5. The summed E-state index contributed by atoms with van der Waals surface area (Å²) in [6.07, 6.45) is -0.681. The van der Waals surface area contributed by atoms with Gasteiger partial charge in [-0.05, 0) is 18.4 Å². The molecule has 0 saturated heterocycles. The quantitative estimate of drug-likeness (QED) is 0.626. The van der Waals surface area contributed by atoms with Crippen molar-refractivity contribution in [3.63, 3.8) is 0 Å². The van der Waals surface area contributed by atoms with E-state index in [1.54, 1.807) is 0 Å². The van der Waals surface area contributed by atoms with Gasteiger partial charge in [0.25, 0.3) is 0 Å². The van der Waals surface area contributed by atoms with E-state index in [9.17, 15) is 9.90 Å². The average Bonchev–Trinajstić information content (AvgIpc) is 2.30. The highest BCUT2D eigenvalue weighted by Crippen LogP contribution is 2.22. The maximum atomic E-state index is 11.1. The largest absolute Gasteiger partial charge is 0.458 e. The summed E-state index contributed by atoms with van der Waals surface area (Å²) in [5.41, 5.74) is 1.30. The van der Waals surface area contributed by atoms with Gasteiger partial charge in [-0.15, -0.1) is 0 Å². The second kappa shape index (κ2) is 3.27. The van der Waals surface area contributed by atoms with Crippen LogP contribution in [0, 0.1) is 5.92 Å². The van der Waals surface area contributed by atoms with Crippen molar-refractivity contribution in [3.8, 4) is 0 Å². The molecule has 3 heteroatoms. The van der Waals surface area contributed by atoms with Crippen LogP contribution in [0.3, 0.4) is 0 Å². The minimum Gasteiger partial charge on any atom is -0.458 e. The van der Waals surface area contributed by atoms with Crippen LogP contribution in [0.1, 0.15) is 20.8 Å². The predicted octanol–water partition coefficient (Wildman–Crippen LogP) is 0.877. The number of ether oxygens (including phenoxy) is 1. The van der Waals surface area contributed by atoms with Crippen LogP contribution in [0.2, 0.25) is 0 Å². The summed E-state index contributed by atoms with van der Waals surface area (Å²) in [5, 5.41) is 9.61. The monoisotopic (exact) mass is 170 g/mol. The lowest BCUT2D eigenvalue weighted by Crippen LogP contribution is -2.22. The lowest BCUT2D eigenvalue weighted by Gasteiger charge is -2.13. The zero-order chi connectivity index (χ0) is 9.30. The first-order valence-corrected chi connectivity index (χ1v) is 4.09. The SMILES string of the molecule is CC1=C([C@H](O)C(C)C)C(=O)OC1. The molecule has 0 radical (unpaired) electrons. The van der Waals surface area contributed by atoms with Crippen molar-refractivity contribution in [2.75, 3.05) is 6.61 Å². The maximum Gasteiger partial charge on any atom is 0.337 e. The molecule has 0 amide bonds. The number of carbonyl (C=O) groups excluding carboxylic acids is 1. The first-order chi connectivity index (χ1) is 5.54. The lowest BCUT2D eigenvalue weighted by atomic mass is 9.97. The molecule has 0 unspecified atom stereocenters. The average molecular weight is 170 g/mol. The van der Waals surface area contributed by atoms with E-state index >= 15 is 0 Å². The number of hydrogen-bond acceptors (Lipinski definition) is 3. The molecule has 1 aliphatic rings. The zero-order valence-electron chi connectivity index (χ0n) is 7.63. The van der Waals surface area contributed by atoms with Gasteiger partial charge < -0.3 is 9.84 Å². The number of hydrogen-bond donors (Lipinski definition) is 1. The first-order valence-electron chi connectivity index (χ1n) is 4.09. The molecule has 0 aromatic rings. The van der Waals surface area contributed by atoms with Crippen LogP contribution in [-0.2, 0) is 9.53 Å². The van der Waals surface area contributed by atoms with E-state index < -0.39 is 6.10 Å². The Balaban J connectivity index is 2.85. The Morgan fingerprint density at radius 3 is 2.42 bits per heavy atom. The summed E-state index contributed by atoms with van der Waals surface area (Å²) in [6, 6.07) is 0. The molecule has 0 spiro atoms. The Labute approximate surface area is 72.0 Å². The maximum absolute atomic E-state index is 11.1. The molecule has 0 fully saturated rings. The Morgan fingerprint density at radius 1 is 1.50 bits per heavy atom. The van der Waals surface area contributed by atoms with E-state index in [4.69, 9.17) is 4.74 Å². The van der Waals surface area contributed by atoms with Gasteiger partial charge in [0.05, 0.1) is 11.7 Å². The van der Waals surface area contributed by atoms with Crippen molar-refractivity contribution in [1.29, 1.82) is 0 Å². The molecular weight excluding hydrogens is 156 g/mol. The fourth-order valence-electron chi connectivity index (χ4n) is 1.21. The number of rotatable bonds is 2. The predicted molar refractivity (Wildman–Crippen MR) is 44.5 cm³/mol. The lowest BCUT2D eigenvalue weighted by molar-refractivity contribution is -0.137. The summed E-state index contributed by atoms with van der Waals surface area (Å²) in [6.45, 7) is 5.89. The number of aliphatic hydroxyl groups is 1. The minimum atomic E-state index is -0.681. The van der Waals surface area contributed by atoms with E-state index in [1.807, 2.05) is 20.8 Å². The van der Waals surface area contributed by atoms with Gasteiger partial charge in [0, 0.05) is 0 Å². The third-order valence-corrected chi connectivity index (χ3v) is 2.03. The molecule has 1 atom stereocenters.